The van der Waals surface area contributed by atoms with Gasteiger partial charge in [0, 0.05) is 16.8 Å². The van der Waals surface area contributed by atoms with E-state index in [4.69, 9.17) is 16.0 Å². The van der Waals surface area contributed by atoms with E-state index in [-0.39, 0.29) is 27.9 Å². The number of carbonyl (C=O) groups excluding carboxylic acids is 1. The number of aryl methyl sites for hydroxylation is 2. The summed E-state index contributed by atoms with van der Waals surface area (Å²) in [4.78, 5) is 23.3. The molecular weight excluding hydrogens is 356 g/mol. The number of anilines is 1. The van der Waals surface area contributed by atoms with Crippen molar-refractivity contribution in [2.24, 2.45) is 0 Å². The van der Waals surface area contributed by atoms with Gasteiger partial charge in [-0.25, -0.2) is 0 Å². The molecule has 0 saturated carbocycles. The topological polar surface area (TPSA) is 85.4 Å². The summed E-state index contributed by atoms with van der Waals surface area (Å²) < 4.78 is 5.61. The minimum Gasteiger partial charge on any atom is -0.460 e. The SMILES string of the molecule is Cc1ccccc1NC(=O)c1cc(-c2ccc(Cl)cc2[N+](=O)[O-])oc1C. The van der Waals surface area contributed by atoms with Crippen LogP contribution < -0.4 is 5.32 Å². The zero-order valence-corrected chi connectivity index (χ0v) is 14.8. The average Bonchev–Trinajstić information content (AvgIpc) is 2.98. The van der Waals surface area contributed by atoms with Crippen LogP contribution in [0.15, 0.2) is 52.9 Å². The molecule has 0 bridgehead atoms. The van der Waals surface area contributed by atoms with Crippen LogP contribution in [0.5, 0.6) is 0 Å². The molecule has 0 atom stereocenters. The Morgan fingerprint density at radius 3 is 2.58 bits per heavy atom. The molecule has 0 aliphatic heterocycles. The summed E-state index contributed by atoms with van der Waals surface area (Å²) in [5.41, 5.74) is 2.01. The number of para-hydroxylation sites is 1. The van der Waals surface area contributed by atoms with Gasteiger partial charge >= 0.3 is 0 Å². The molecule has 1 aromatic heterocycles. The number of rotatable bonds is 4. The summed E-state index contributed by atoms with van der Waals surface area (Å²) in [6.07, 6.45) is 0. The maximum absolute atomic E-state index is 12.6. The fraction of sp³-hybridized carbons (Fsp3) is 0.105. The van der Waals surface area contributed by atoms with E-state index < -0.39 is 4.92 Å². The largest absolute Gasteiger partial charge is 0.460 e. The van der Waals surface area contributed by atoms with Crippen LogP contribution in [0.4, 0.5) is 11.4 Å². The highest BCUT2D eigenvalue weighted by molar-refractivity contribution is 6.30. The number of nitrogens with zero attached hydrogens (tertiary/aromatic N) is 1. The third-order valence-electron chi connectivity index (χ3n) is 3.98. The van der Waals surface area contributed by atoms with Gasteiger partial charge in [-0.2, -0.15) is 0 Å². The van der Waals surface area contributed by atoms with Crippen molar-refractivity contribution in [1.82, 2.24) is 0 Å². The summed E-state index contributed by atoms with van der Waals surface area (Å²) in [7, 11) is 0. The van der Waals surface area contributed by atoms with Crippen LogP contribution in [0.3, 0.4) is 0 Å². The van der Waals surface area contributed by atoms with Crippen LogP contribution in [0.2, 0.25) is 5.02 Å². The summed E-state index contributed by atoms with van der Waals surface area (Å²) in [6, 6.07) is 13.2. The van der Waals surface area contributed by atoms with Gasteiger partial charge < -0.3 is 9.73 Å². The molecule has 0 radical (unpaired) electrons. The number of hydrogen-bond acceptors (Lipinski definition) is 4. The highest BCUT2D eigenvalue weighted by Crippen LogP contribution is 2.34. The Bertz CT molecular complexity index is 1010. The van der Waals surface area contributed by atoms with Crippen molar-refractivity contribution in [2.45, 2.75) is 13.8 Å². The quantitative estimate of drug-likeness (QED) is 0.493. The lowest BCUT2D eigenvalue weighted by atomic mass is 10.1. The second-order valence-electron chi connectivity index (χ2n) is 5.77. The monoisotopic (exact) mass is 370 g/mol. The zero-order valence-electron chi connectivity index (χ0n) is 14.1. The normalized spacial score (nSPS) is 10.6. The zero-order chi connectivity index (χ0) is 18.8. The lowest BCUT2D eigenvalue weighted by Gasteiger charge is -2.06. The van der Waals surface area contributed by atoms with Crippen molar-refractivity contribution in [3.05, 3.63) is 80.6 Å². The molecule has 0 fully saturated rings. The second kappa shape index (κ2) is 7.01. The second-order valence-corrected chi connectivity index (χ2v) is 6.20. The van der Waals surface area contributed by atoms with Crippen LogP contribution in [-0.2, 0) is 0 Å². The molecule has 0 unspecified atom stereocenters. The van der Waals surface area contributed by atoms with Crippen LogP contribution in [0, 0.1) is 24.0 Å². The van der Waals surface area contributed by atoms with Gasteiger partial charge in [-0.3, -0.25) is 14.9 Å². The average molecular weight is 371 g/mol. The molecule has 3 aromatic rings. The fourth-order valence-electron chi connectivity index (χ4n) is 2.61. The molecule has 3 rings (SSSR count). The first-order valence-electron chi connectivity index (χ1n) is 7.78. The first-order chi connectivity index (χ1) is 12.4. The van der Waals surface area contributed by atoms with E-state index in [9.17, 15) is 14.9 Å². The Hall–Kier alpha value is -3.12. The standard InChI is InChI=1S/C19H15ClN2O4/c1-11-5-3-4-6-16(11)21-19(23)15-10-18(26-12(15)2)14-8-7-13(20)9-17(14)22(24)25/h3-10H,1-2H3,(H,21,23). The van der Waals surface area contributed by atoms with Gasteiger partial charge in [0.1, 0.15) is 11.5 Å². The Labute approximate surface area is 154 Å². The predicted molar refractivity (Wildman–Crippen MR) is 99.7 cm³/mol. The number of nitrogens with one attached hydrogen (secondary N) is 1. The Kier molecular flexibility index (Phi) is 4.77. The van der Waals surface area contributed by atoms with E-state index in [2.05, 4.69) is 5.32 Å². The number of halogens is 1. The maximum atomic E-state index is 12.6. The van der Waals surface area contributed by atoms with Gasteiger partial charge in [0.25, 0.3) is 11.6 Å². The number of amides is 1. The molecule has 132 valence electrons. The molecule has 7 heteroatoms. The van der Waals surface area contributed by atoms with E-state index >= 15 is 0 Å². The molecule has 6 nitrogen and oxygen atoms in total. The fourth-order valence-corrected chi connectivity index (χ4v) is 2.77. The van der Waals surface area contributed by atoms with E-state index in [1.807, 2.05) is 25.1 Å². The molecular formula is C19H15ClN2O4. The van der Waals surface area contributed by atoms with Gasteiger partial charge in [0.05, 0.1) is 16.1 Å². The Balaban J connectivity index is 1.96. The Morgan fingerprint density at radius 1 is 1.15 bits per heavy atom. The van der Waals surface area contributed by atoms with Crippen molar-refractivity contribution in [1.29, 1.82) is 0 Å². The minimum absolute atomic E-state index is 0.183. The summed E-state index contributed by atoms with van der Waals surface area (Å²) >= 11 is 5.84. The molecule has 26 heavy (non-hydrogen) atoms. The number of carbonyl (C=O) groups is 1. The van der Waals surface area contributed by atoms with Gasteiger partial charge in [-0.15, -0.1) is 0 Å². The van der Waals surface area contributed by atoms with E-state index in [0.717, 1.165) is 5.56 Å². The molecule has 1 heterocycles. The van der Waals surface area contributed by atoms with Crippen molar-refractivity contribution in [3.63, 3.8) is 0 Å². The Morgan fingerprint density at radius 2 is 1.88 bits per heavy atom. The molecule has 1 amide bonds. The molecule has 1 N–H and O–H groups in total. The van der Waals surface area contributed by atoms with Crippen molar-refractivity contribution in [2.75, 3.05) is 5.32 Å². The summed E-state index contributed by atoms with van der Waals surface area (Å²) in [5, 5.41) is 14.4. The van der Waals surface area contributed by atoms with E-state index in [1.165, 1.54) is 24.3 Å². The van der Waals surface area contributed by atoms with Crippen molar-refractivity contribution >= 4 is 28.9 Å². The van der Waals surface area contributed by atoms with Crippen LogP contribution in [-0.4, -0.2) is 10.8 Å². The third kappa shape index (κ3) is 3.45. The van der Waals surface area contributed by atoms with Gasteiger partial charge in [-0.1, -0.05) is 29.8 Å². The van der Waals surface area contributed by atoms with Crippen LogP contribution >= 0.6 is 11.6 Å². The van der Waals surface area contributed by atoms with Crippen molar-refractivity contribution < 1.29 is 14.1 Å². The predicted octanol–water partition coefficient (Wildman–Crippen LogP) is 5.38. The summed E-state index contributed by atoms with van der Waals surface area (Å²) in [6.45, 7) is 3.53. The van der Waals surface area contributed by atoms with Gasteiger partial charge in [-0.05, 0) is 43.7 Å². The van der Waals surface area contributed by atoms with E-state index in [1.54, 1.807) is 13.0 Å². The van der Waals surface area contributed by atoms with Crippen molar-refractivity contribution in [3.8, 4) is 11.3 Å². The molecule has 0 spiro atoms. The lowest BCUT2D eigenvalue weighted by molar-refractivity contribution is -0.384. The first kappa shape index (κ1) is 17.7. The lowest BCUT2D eigenvalue weighted by Crippen LogP contribution is -2.12. The third-order valence-corrected chi connectivity index (χ3v) is 4.21. The maximum Gasteiger partial charge on any atom is 0.281 e. The number of benzene rings is 2. The van der Waals surface area contributed by atoms with Gasteiger partial charge in [0.15, 0.2) is 0 Å². The van der Waals surface area contributed by atoms with Crippen LogP contribution in [0.25, 0.3) is 11.3 Å². The molecule has 0 saturated heterocycles. The minimum atomic E-state index is -0.536. The van der Waals surface area contributed by atoms with Gasteiger partial charge in [0.2, 0.25) is 0 Å². The molecule has 2 aromatic carbocycles. The smallest absolute Gasteiger partial charge is 0.281 e. The highest BCUT2D eigenvalue weighted by atomic mass is 35.5. The van der Waals surface area contributed by atoms with E-state index in [0.29, 0.717) is 17.0 Å². The first-order valence-corrected chi connectivity index (χ1v) is 8.16. The number of hydrogen-bond donors (Lipinski definition) is 1. The number of nitro benzene ring substituents is 1. The molecule has 0 aliphatic rings. The van der Waals surface area contributed by atoms with Crippen LogP contribution in [0.1, 0.15) is 21.7 Å². The summed E-state index contributed by atoms with van der Waals surface area (Å²) in [5.74, 6) is 0.263. The number of nitro groups is 1. The number of furan rings is 1. The highest BCUT2D eigenvalue weighted by Gasteiger charge is 2.22. The molecule has 0 aliphatic carbocycles.